The van der Waals surface area contributed by atoms with E-state index >= 15 is 0 Å². The normalized spacial score (nSPS) is 17.0. The van der Waals surface area contributed by atoms with Crippen molar-refractivity contribution >= 4 is 5.91 Å². The molecule has 1 atom stereocenters. The molecular weight excluding hydrogens is 312 g/mol. The molecule has 25 heavy (non-hydrogen) atoms. The summed E-state index contributed by atoms with van der Waals surface area (Å²) < 4.78 is 1.69. The van der Waals surface area contributed by atoms with Gasteiger partial charge in [-0.25, -0.2) is 0 Å². The van der Waals surface area contributed by atoms with Crippen LogP contribution >= 0.6 is 0 Å². The highest BCUT2D eigenvalue weighted by Gasteiger charge is 2.22. The second-order valence-corrected chi connectivity index (χ2v) is 6.84. The van der Waals surface area contributed by atoms with E-state index in [1.54, 1.807) is 4.68 Å². The van der Waals surface area contributed by atoms with Gasteiger partial charge >= 0.3 is 0 Å². The molecule has 0 radical (unpaired) electrons. The molecule has 1 aromatic carbocycles. The number of nitrogens with one attached hydrogen (secondary N) is 1. The zero-order chi connectivity index (χ0) is 17.5. The molecule has 0 saturated carbocycles. The highest BCUT2D eigenvalue weighted by molar-refractivity contribution is 5.75. The van der Waals surface area contributed by atoms with Gasteiger partial charge in [-0.15, -0.1) is 0 Å². The molecule has 1 fully saturated rings. The van der Waals surface area contributed by atoms with Crippen LogP contribution in [0.4, 0.5) is 0 Å². The number of likely N-dealkylation sites (tertiary alicyclic amines) is 1. The van der Waals surface area contributed by atoms with Crippen molar-refractivity contribution in [3.8, 4) is 0 Å². The Morgan fingerprint density at radius 1 is 1.12 bits per heavy atom. The van der Waals surface area contributed by atoms with E-state index in [0.717, 1.165) is 18.8 Å². The van der Waals surface area contributed by atoms with E-state index in [0.29, 0.717) is 6.54 Å². The SMILES string of the molecule is Cc1ccn(CC(=O)NC[C@@H](c2ccccc2)N2CCCCCC2)n1. The summed E-state index contributed by atoms with van der Waals surface area (Å²) in [5.74, 6) is 0.0128. The fraction of sp³-hybridized carbons (Fsp3) is 0.500. The molecule has 0 aliphatic carbocycles. The van der Waals surface area contributed by atoms with Crippen LogP contribution in [0.15, 0.2) is 42.6 Å². The van der Waals surface area contributed by atoms with Crippen molar-refractivity contribution in [1.82, 2.24) is 20.0 Å². The van der Waals surface area contributed by atoms with Crippen molar-refractivity contribution < 1.29 is 4.79 Å². The first kappa shape index (κ1) is 17.7. The lowest BCUT2D eigenvalue weighted by atomic mass is 10.0. The van der Waals surface area contributed by atoms with Gasteiger partial charge in [0.1, 0.15) is 6.54 Å². The van der Waals surface area contributed by atoms with Crippen LogP contribution in [0.2, 0.25) is 0 Å². The molecule has 0 unspecified atom stereocenters. The van der Waals surface area contributed by atoms with Crippen molar-refractivity contribution in [2.24, 2.45) is 0 Å². The number of aryl methyl sites for hydroxylation is 1. The second-order valence-electron chi connectivity index (χ2n) is 6.84. The maximum absolute atomic E-state index is 12.3. The first-order valence-electron chi connectivity index (χ1n) is 9.28. The number of aromatic nitrogens is 2. The smallest absolute Gasteiger partial charge is 0.241 e. The molecule has 5 heteroatoms. The maximum atomic E-state index is 12.3. The van der Waals surface area contributed by atoms with E-state index in [9.17, 15) is 4.79 Å². The largest absolute Gasteiger partial charge is 0.353 e. The summed E-state index contributed by atoms with van der Waals surface area (Å²) in [7, 11) is 0. The number of hydrogen-bond donors (Lipinski definition) is 1. The number of carbonyl (C=O) groups excluding carboxylic acids is 1. The fourth-order valence-corrected chi connectivity index (χ4v) is 3.50. The minimum Gasteiger partial charge on any atom is -0.353 e. The second kappa shape index (κ2) is 8.81. The first-order chi connectivity index (χ1) is 12.2. The molecule has 1 amide bonds. The molecule has 1 aromatic heterocycles. The third-order valence-electron chi connectivity index (χ3n) is 4.84. The van der Waals surface area contributed by atoms with Gasteiger partial charge in [0.25, 0.3) is 0 Å². The van der Waals surface area contributed by atoms with Gasteiger partial charge in [-0.3, -0.25) is 14.4 Å². The number of carbonyl (C=O) groups is 1. The molecule has 1 N–H and O–H groups in total. The first-order valence-corrected chi connectivity index (χ1v) is 9.28. The minimum absolute atomic E-state index is 0.0128. The summed E-state index contributed by atoms with van der Waals surface area (Å²) in [6.07, 6.45) is 6.94. The van der Waals surface area contributed by atoms with Gasteiger partial charge in [0.05, 0.1) is 11.7 Å². The average molecular weight is 340 g/mol. The topological polar surface area (TPSA) is 50.2 Å². The Hall–Kier alpha value is -2.14. The molecule has 134 valence electrons. The van der Waals surface area contributed by atoms with Gasteiger partial charge in [-0.05, 0) is 44.5 Å². The highest BCUT2D eigenvalue weighted by atomic mass is 16.2. The Morgan fingerprint density at radius 3 is 2.48 bits per heavy atom. The fourth-order valence-electron chi connectivity index (χ4n) is 3.50. The van der Waals surface area contributed by atoms with E-state index in [1.165, 1.54) is 31.2 Å². The predicted molar refractivity (Wildman–Crippen MR) is 99.2 cm³/mol. The van der Waals surface area contributed by atoms with Gasteiger partial charge in [0.15, 0.2) is 0 Å². The number of hydrogen-bond acceptors (Lipinski definition) is 3. The van der Waals surface area contributed by atoms with Crippen LogP contribution in [0.1, 0.15) is 43.0 Å². The lowest BCUT2D eigenvalue weighted by Crippen LogP contribution is -2.39. The van der Waals surface area contributed by atoms with E-state index in [4.69, 9.17) is 0 Å². The zero-order valence-corrected chi connectivity index (χ0v) is 15.0. The standard InChI is InChI=1S/C20H28N4O/c1-17-11-14-24(22-17)16-20(25)21-15-19(18-9-5-4-6-10-18)23-12-7-2-3-8-13-23/h4-6,9-11,14,19H,2-3,7-8,12-13,15-16H2,1H3,(H,21,25)/t19-/m0/s1. The van der Waals surface area contributed by atoms with E-state index in [1.807, 2.05) is 25.3 Å². The van der Waals surface area contributed by atoms with Crippen LogP contribution < -0.4 is 5.32 Å². The third-order valence-corrected chi connectivity index (χ3v) is 4.84. The zero-order valence-electron chi connectivity index (χ0n) is 15.0. The summed E-state index contributed by atoms with van der Waals surface area (Å²) in [5, 5.41) is 7.40. The molecule has 2 heterocycles. The quantitative estimate of drug-likeness (QED) is 0.880. The number of nitrogens with zero attached hydrogens (tertiary/aromatic N) is 3. The Kier molecular flexibility index (Phi) is 6.23. The van der Waals surface area contributed by atoms with Crippen molar-refractivity contribution in [2.75, 3.05) is 19.6 Å². The summed E-state index contributed by atoms with van der Waals surface area (Å²) in [6.45, 7) is 5.05. The Morgan fingerprint density at radius 2 is 1.84 bits per heavy atom. The predicted octanol–water partition coefficient (Wildman–Crippen LogP) is 2.93. The molecule has 1 aliphatic heterocycles. The maximum Gasteiger partial charge on any atom is 0.241 e. The molecule has 5 nitrogen and oxygen atoms in total. The average Bonchev–Trinajstić information content (AvgIpc) is 2.86. The van der Waals surface area contributed by atoms with Gasteiger partial charge in [-0.2, -0.15) is 5.10 Å². The summed E-state index contributed by atoms with van der Waals surface area (Å²) in [4.78, 5) is 14.8. The van der Waals surface area contributed by atoms with Gasteiger partial charge in [0.2, 0.25) is 5.91 Å². The molecule has 3 rings (SSSR count). The monoisotopic (exact) mass is 340 g/mol. The summed E-state index contributed by atoms with van der Waals surface area (Å²) >= 11 is 0. The van der Waals surface area contributed by atoms with Crippen LogP contribution in [0.25, 0.3) is 0 Å². The Labute approximate surface area is 150 Å². The van der Waals surface area contributed by atoms with Crippen LogP contribution in [0.5, 0.6) is 0 Å². The van der Waals surface area contributed by atoms with E-state index in [-0.39, 0.29) is 18.5 Å². The van der Waals surface area contributed by atoms with Gasteiger partial charge in [0, 0.05) is 12.7 Å². The van der Waals surface area contributed by atoms with E-state index in [2.05, 4.69) is 39.6 Å². The lowest BCUT2D eigenvalue weighted by molar-refractivity contribution is -0.122. The molecule has 2 aromatic rings. The number of benzene rings is 1. The summed E-state index contributed by atoms with van der Waals surface area (Å²) in [6, 6.07) is 12.7. The number of rotatable bonds is 6. The Bertz CT molecular complexity index is 659. The van der Waals surface area contributed by atoms with Crippen LogP contribution in [-0.2, 0) is 11.3 Å². The van der Waals surface area contributed by atoms with Gasteiger partial charge < -0.3 is 5.32 Å². The molecular formula is C20H28N4O. The lowest BCUT2D eigenvalue weighted by Gasteiger charge is -2.31. The third kappa shape index (κ3) is 5.16. The van der Waals surface area contributed by atoms with Crippen LogP contribution in [0, 0.1) is 6.92 Å². The summed E-state index contributed by atoms with van der Waals surface area (Å²) in [5.41, 5.74) is 2.21. The molecule has 0 bridgehead atoms. The van der Waals surface area contributed by atoms with Crippen LogP contribution in [0.3, 0.4) is 0 Å². The van der Waals surface area contributed by atoms with E-state index < -0.39 is 0 Å². The van der Waals surface area contributed by atoms with Crippen molar-refractivity contribution in [3.63, 3.8) is 0 Å². The van der Waals surface area contributed by atoms with Gasteiger partial charge in [-0.1, -0.05) is 43.2 Å². The Balaban J connectivity index is 1.63. The van der Waals surface area contributed by atoms with Crippen molar-refractivity contribution in [3.05, 3.63) is 53.9 Å². The number of amides is 1. The molecule has 1 saturated heterocycles. The van der Waals surface area contributed by atoms with Crippen molar-refractivity contribution in [2.45, 2.75) is 45.2 Å². The van der Waals surface area contributed by atoms with Crippen molar-refractivity contribution in [1.29, 1.82) is 0 Å². The molecule has 0 spiro atoms. The van der Waals surface area contributed by atoms with Crippen LogP contribution in [-0.4, -0.2) is 40.2 Å². The minimum atomic E-state index is 0.0128. The highest BCUT2D eigenvalue weighted by Crippen LogP contribution is 2.23. The molecule has 1 aliphatic rings.